The summed E-state index contributed by atoms with van der Waals surface area (Å²) in [5.41, 5.74) is 8.18. The summed E-state index contributed by atoms with van der Waals surface area (Å²) in [6.07, 6.45) is 3.42. The molecule has 1 aromatic heterocycles. The minimum atomic E-state index is 0.619. The van der Waals surface area contributed by atoms with Crippen LogP contribution in [0.1, 0.15) is 18.9 Å². The summed E-state index contributed by atoms with van der Waals surface area (Å²) < 4.78 is 2.34. The second kappa shape index (κ2) is 6.12. The molecule has 0 spiro atoms. The van der Waals surface area contributed by atoms with Gasteiger partial charge in [0, 0.05) is 24.8 Å². The van der Waals surface area contributed by atoms with Gasteiger partial charge in [-0.2, -0.15) is 11.8 Å². The molecule has 1 heterocycles. The molecule has 0 amide bonds. The lowest BCUT2D eigenvalue weighted by molar-refractivity contribution is 0.709. The number of benzene rings is 1. The van der Waals surface area contributed by atoms with Gasteiger partial charge >= 0.3 is 0 Å². The second-order valence-corrected chi connectivity index (χ2v) is 5.55. The van der Waals surface area contributed by atoms with Gasteiger partial charge in [-0.1, -0.05) is 13.0 Å². The van der Waals surface area contributed by atoms with E-state index < -0.39 is 0 Å². The highest BCUT2D eigenvalue weighted by atomic mass is 32.2. The lowest BCUT2D eigenvalue weighted by atomic mass is 10.1. The van der Waals surface area contributed by atoms with E-state index in [1.807, 2.05) is 11.8 Å². The third-order valence-corrected chi connectivity index (χ3v) is 3.95. The molecule has 92 valence electrons. The molecule has 17 heavy (non-hydrogen) atoms. The van der Waals surface area contributed by atoms with Crippen molar-refractivity contribution in [1.29, 1.82) is 0 Å². The van der Waals surface area contributed by atoms with Crippen molar-refractivity contribution < 1.29 is 0 Å². The SMILES string of the molecule is CCSCCCn1ccc2cc(CN)ccc21. The Hall–Kier alpha value is -0.930. The van der Waals surface area contributed by atoms with Crippen molar-refractivity contribution in [2.24, 2.45) is 5.73 Å². The number of hydrogen-bond donors (Lipinski definition) is 1. The van der Waals surface area contributed by atoms with Crippen LogP contribution in [0.2, 0.25) is 0 Å². The fraction of sp³-hybridized carbons (Fsp3) is 0.429. The molecule has 0 atom stereocenters. The number of thioether (sulfide) groups is 1. The van der Waals surface area contributed by atoms with Crippen molar-refractivity contribution >= 4 is 22.7 Å². The number of nitrogens with two attached hydrogens (primary N) is 1. The first-order valence-electron chi connectivity index (χ1n) is 6.20. The quantitative estimate of drug-likeness (QED) is 0.796. The Labute approximate surface area is 107 Å². The third-order valence-electron chi connectivity index (χ3n) is 2.96. The molecular weight excluding hydrogens is 228 g/mol. The maximum Gasteiger partial charge on any atom is 0.0480 e. The highest BCUT2D eigenvalue weighted by molar-refractivity contribution is 7.99. The maximum absolute atomic E-state index is 5.65. The standard InChI is InChI=1S/C14H20N2S/c1-2-17-9-3-7-16-8-6-13-10-12(11-15)4-5-14(13)16/h4-6,8,10H,2-3,7,9,11,15H2,1H3. The zero-order valence-corrected chi connectivity index (χ0v) is 11.2. The molecule has 0 saturated heterocycles. The van der Waals surface area contributed by atoms with Gasteiger partial charge in [0.15, 0.2) is 0 Å². The Morgan fingerprint density at radius 3 is 2.94 bits per heavy atom. The fourth-order valence-electron chi connectivity index (χ4n) is 2.05. The first kappa shape index (κ1) is 12.5. The second-order valence-electron chi connectivity index (χ2n) is 4.16. The number of fused-ring (bicyclic) bond motifs is 1. The number of aryl methyl sites for hydroxylation is 1. The summed E-state index contributed by atoms with van der Waals surface area (Å²) >= 11 is 2.01. The molecular formula is C14H20N2S. The molecule has 0 unspecified atom stereocenters. The molecule has 0 aliphatic rings. The van der Waals surface area contributed by atoms with E-state index >= 15 is 0 Å². The van der Waals surface area contributed by atoms with E-state index in [1.165, 1.54) is 34.4 Å². The van der Waals surface area contributed by atoms with E-state index in [1.54, 1.807) is 0 Å². The van der Waals surface area contributed by atoms with Crippen molar-refractivity contribution in [2.45, 2.75) is 26.4 Å². The van der Waals surface area contributed by atoms with Gasteiger partial charge in [0.2, 0.25) is 0 Å². The average molecular weight is 248 g/mol. The number of nitrogens with zero attached hydrogens (tertiary/aromatic N) is 1. The topological polar surface area (TPSA) is 30.9 Å². The monoisotopic (exact) mass is 248 g/mol. The van der Waals surface area contributed by atoms with E-state index in [0.29, 0.717) is 6.54 Å². The van der Waals surface area contributed by atoms with Gasteiger partial charge in [0.25, 0.3) is 0 Å². The first-order chi connectivity index (χ1) is 8.35. The van der Waals surface area contributed by atoms with E-state index in [-0.39, 0.29) is 0 Å². The van der Waals surface area contributed by atoms with Crippen LogP contribution in [-0.2, 0) is 13.1 Å². The third kappa shape index (κ3) is 3.05. The van der Waals surface area contributed by atoms with Crippen molar-refractivity contribution in [3.63, 3.8) is 0 Å². The zero-order chi connectivity index (χ0) is 12.1. The molecule has 0 saturated carbocycles. The van der Waals surface area contributed by atoms with Crippen LogP contribution in [0.25, 0.3) is 10.9 Å². The summed E-state index contributed by atoms with van der Waals surface area (Å²) in [6, 6.07) is 8.68. The Morgan fingerprint density at radius 2 is 2.18 bits per heavy atom. The molecule has 2 rings (SSSR count). The summed E-state index contributed by atoms with van der Waals surface area (Å²) in [6.45, 7) is 3.94. The lowest BCUT2D eigenvalue weighted by Gasteiger charge is -2.05. The Balaban J connectivity index is 2.08. The summed E-state index contributed by atoms with van der Waals surface area (Å²) in [5, 5.41) is 1.30. The van der Waals surface area contributed by atoms with Crippen molar-refractivity contribution in [1.82, 2.24) is 4.57 Å². The Morgan fingerprint density at radius 1 is 1.29 bits per heavy atom. The van der Waals surface area contributed by atoms with Crippen LogP contribution in [0, 0.1) is 0 Å². The number of rotatable bonds is 6. The highest BCUT2D eigenvalue weighted by Gasteiger charge is 2.01. The van der Waals surface area contributed by atoms with Gasteiger partial charge in [0.1, 0.15) is 0 Å². The van der Waals surface area contributed by atoms with Crippen LogP contribution in [0.3, 0.4) is 0 Å². The van der Waals surface area contributed by atoms with E-state index in [9.17, 15) is 0 Å². The minimum Gasteiger partial charge on any atom is -0.347 e. The summed E-state index contributed by atoms with van der Waals surface area (Å²) in [4.78, 5) is 0. The van der Waals surface area contributed by atoms with Crippen LogP contribution in [0.15, 0.2) is 30.5 Å². The van der Waals surface area contributed by atoms with E-state index in [0.717, 1.165) is 6.54 Å². The predicted molar refractivity (Wildman–Crippen MR) is 77.4 cm³/mol. The molecule has 0 bridgehead atoms. The van der Waals surface area contributed by atoms with Crippen LogP contribution in [-0.4, -0.2) is 16.1 Å². The van der Waals surface area contributed by atoms with Crippen LogP contribution in [0.4, 0.5) is 0 Å². The molecule has 0 radical (unpaired) electrons. The average Bonchev–Trinajstić information content (AvgIpc) is 2.77. The zero-order valence-electron chi connectivity index (χ0n) is 10.4. The predicted octanol–water partition coefficient (Wildman–Crippen LogP) is 3.24. The largest absolute Gasteiger partial charge is 0.347 e. The minimum absolute atomic E-state index is 0.619. The smallest absolute Gasteiger partial charge is 0.0480 e. The van der Waals surface area contributed by atoms with Gasteiger partial charge in [-0.3, -0.25) is 0 Å². The Kier molecular flexibility index (Phi) is 4.51. The summed E-state index contributed by atoms with van der Waals surface area (Å²) in [7, 11) is 0. The van der Waals surface area contributed by atoms with Crippen LogP contribution < -0.4 is 5.73 Å². The molecule has 1 aromatic carbocycles. The van der Waals surface area contributed by atoms with Crippen LogP contribution in [0.5, 0.6) is 0 Å². The molecule has 0 aliphatic heterocycles. The normalized spacial score (nSPS) is 11.2. The maximum atomic E-state index is 5.65. The number of hydrogen-bond acceptors (Lipinski definition) is 2. The first-order valence-corrected chi connectivity index (χ1v) is 7.36. The molecule has 0 aliphatic carbocycles. The van der Waals surface area contributed by atoms with Crippen LogP contribution >= 0.6 is 11.8 Å². The van der Waals surface area contributed by atoms with Gasteiger partial charge in [-0.05, 0) is 47.1 Å². The Bertz CT molecular complexity index is 476. The van der Waals surface area contributed by atoms with Gasteiger partial charge < -0.3 is 10.3 Å². The van der Waals surface area contributed by atoms with E-state index in [4.69, 9.17) is 5.73 Å². The summed E-state index contributed by atoms with van der Waals surface area (Å²) in [5.74, 6) is 2.46. The molecule has 2 aromatic rings. The number of aromatic nitrogens is 1. The van der Waals surface area contributed by atoms with Gasteiger partial charge in [-0.25, -0.2) is 0 Å². The van der Waals surface area contributed by atoms with Crippen molar-refractivity contribution in [2.75, 3.05) is 11.5 Å². The fourth-order valence-corrected chi connectivity index (χ4v) is 2.67. The molecule has 2 nitrogen and oxygen atoms in total. The van der Waals surface area contributed by atoms with Gasteiger partial charge in [-0.15, -0.1) is 0 Å². The van der Waals surface area contributed by atoms with Crippen molar-refractivity contribution in [3.05, 3.63) is 36.0 Å². The van der Waals surface area contributed by atoms with Crippen molar-refractivity contribution in [3.8, 4) is 0 Å². The lowest BCUT2D eigenvalue weighted by Crippen LogP contribution is -1.98. The van der Waals surface area contributed by atoms with E-state index in [2.05, 4.69) is 42.0 Å². The van der Waals surface area contributed by atoms with Gasteiger partial charge in [0.05, 0.1) is 0 Å². The molecule has 2 N–H and O–H groups in total. The molecule has 3 heteroatoms. The highest BCUT2D eigenvalue weighted by Crippen LogP contribution is 2.18. The molecule has 0 fully saturated rings.